The van der Waals surface area contributed by atoms with Gasteiger partial charge in [-0.05, 0) is 67.3 Å². The first-order valence-electron chi connectivity index (χ1n) is 9.21. The lowest BCUT2D eigenvalue weighted by atomic mass is 10.0. The smallest absolute Gasteiger partial charge is 0.264 e. The summed E-state index contributed by atoms with van der Waals surface area (Å²) in [6.45, 7) is 6.65. The molecule has 0 bridgehead atoms. The molecule has 0 saturated carbocycles. The molecular weight excluding hydrogens is 385 g/mol. The fourth-order valence-corrected chi connectivity index (χ4v) is 4.13. The predicted octanol–water partition coefficient (Wildman–Crippen LogP) is 4.65. The Morgan fingerprint density at radius 1 is 1.24 bits per heavy atom. The highest BCUT2D eigenvalue weighted by atomic mass is 79.9. The molecule has 3 rings (SSSR count). The van der Waals surface area contributed by atoms with Crippen molar-refractivity contribution in [3.63, 3.8) is 0 Å². The quantitative estimate of drug-likeness (QED) is 0.721. The summed E-state index contributed by atoms with van der Waals surface area (Å²) >= 11 is 3.17. The number of benzene rings is 1. The number of hydrogen-bond acceptors (Lipinski definition) is 3. The summed E-state index contributed by atoms with van der Waals surface area (Å²) in [6.07, 6.45) is 5.61. The minimum absolute atomic E-state index is 0.0777. The number of halogens is 2. The zero-order valence-electron chi connectivity index (χ0n) is 14.9. The second kappa shape index (κ2) is 7.96. The summed E-state index contributed by atoms with van der Waals surface area (Å²) in [5.74, 6) is 0.263. The molecule has 1 fully saturated rings. The molecule has 1 aromatic carbocycles. The van der Waals surface area contributed by atoms with Crippen LogP contribution in [0.1, 0.15) is 57.8 Å². The molecule has 0 radical (unpaired) electrons. The minimum atomic E-state index is -0.520. The van der Waals surface area contributed by atoms with E-state index in [0.29, 0.717) is 16.5 Å². The minimum Gasteiger partial charge on any atom is -0.295 e. The Labute approximate surface area is 156 Å². The van der Waals surface area contributed by atoms with Gasteiger partial charge < -0.3 is 0 Å². The van der Waals surface area contributed by atoms with Crippen LogP contribution in [0.25, 0.3) is 10.9 Å². The van der Waals surface area contributed by atoms with Crippen LogP contribution in [0.5, 0.6) is 0 Å². The summed E-state index contributed by atoms with van der Waals surface area (Å²) in [5.41, 5.74) is 0.169. The molecule has 0 amide bonds. The van der Waals surface area contributed by atoms with Gasteiger partial charge in [0.1, 0.15) is 11.2 Å². The van der Waals surface area contributed by atoms with E-state index in [2.05, 4.69) is 27.8 Å². The van der Waals surface area contributed by atoms with Crippen molar-refractivity contribution >= 4 is 26.8 Å². The van der Waals surface area contributed by atoms with Crippen molar-refractivity contribution < 1.29 is 4.39 Å². The van der Waals surface area contributed by atoms with Gasteiger partial charge in [0.2, 0.25) is 0 Å². The molecule has 2 aromatic rings. The highest BCUT2D eigenvalue weighted by Gasteiger charge is 2.27. The first-order valence-corrected chi connectivity index (χ1v) is 10.00. The first kappa shape index (κ1) is 18.5. The average Bonchev–Trinajstić information content (AvgIpc) is 2.63. The van der Waals surface area contributed by atoms with Crippen molar-refractivity contribution in [2.24, 2.45) is 0 Å². The molecule has 25 heavy (non-hydrogen) atoms. The molecule has 0 N–H and O–H groups in total. The summed E-state index contributed by atoms with van der Waals surface area (Å²) in [5, 5.41) is 0.0777. The highest BCUT2D eigenvalue weighted by Crippen LogP contribution is 2.29. The van der Waals surface area contributed by atoms with E-state index < -0.39 is 5.82 Å². The van der Waals surface area contributed by atoms with Crippen molar-refractivity contribution in [2.45, 2.75) is 58.5 Å². The number of hydrogen-bond donors (Lipinski definition) is 0. The van der Waals surface area contributed by atoms with Crippen LogP contribution in [0, 0.1) is 5.82 Å². The fourth-order valence-electron chi connectivity index (χ4n) is 3.80. The van der Waals surface area contributed by atoms with E-state index in [0.717, 1.165) is 31.8 Å². The van der Waals surface area contributed by atoms with Gasteiger partial charge in [-0.25, -0.2) is 9.37 Å². The second-order valence-electron chi connectivity index (χ2n) is 6.68. The zero-order valence-corrected chi connectivity index (χ0v) is 16.5. The number of fused-ring (bicyclic) bond motifs is 1. The molecule has 6 heteroatoms. The Hall–Kier alpha value is -1.27. The summed E-state index contributed by atoms with van der Waals surface area (Å²) in [6, 6.07) is 3.47. The van der Waals surface area contributed by atoms with E-state index in [-0.39, 0.29) is 17.0 Å². The van der Waals surface area contributed by atoms with Crippen LogP contribution >= 0.6 is 15.9 Å². The monoisotopic (exact) mass is 409 g/mol. The summed E-state index contributed by atoms with van der Waals surface area (Å²) in [4.78, 5) is 20.2. The molecule has 2 heterocycles. The third-order valence-electron chi connectivity index (χ3n) is 5.05. The molecule has 1 aliphatic rings. The SMILES string of the molecule is CCCC(c1nc2ccc(Br)c(F)c2c(=O)n1CC)N1CCCCC1. The Kier molecular flexibility index (Phi) is 5.89. The summed E-state index contributed by atoms with van der Waals surface area (Å²) < 4.78 is 16.5. The van der Waals surface area contributed by atoms with Crippen LogP contribution in [0.3, 0.4) is 0 Å². The molecular formula is C19H25BrFN3O. The first-order chi connectivity index (χ1) is 12.1. The van der Waals surface area contributed by atoms with Crippen molar-refractivity contribution in [1.82, 2.24) is 14.5 Å². The number of piperidine rings is 1. The van der Waals surface area contributed by atoms with Crippen LogP contribution in [0.4, 0.5) is 4.39 Å². The Morgan fingerprint density at radius 2 is 1.96 bits per heavy atom. The van der Waals surface area contributed by atoms with Crippen molar-refractivity contribution in [2.75, 3.05) is 13.1 Å². The van der Waals surface area contributed by atoms with Gasteiger partial charge in [-0.15, -0.1) is 0 Å². The molecule has 1 unspecified atom stereocenters. The molecule has 1 saturated heterocycles. The van der Waals surface area contributed by atoms with Crippen LogP contribution in [-0.2, 0) is 6.54 Å². The lowest BCUT2D eigenvalue weighted by Crippen LogP contribution is -2.38. The van der Waals surface area contributed by atoms with Gasteiger partial charge >= 0.3 is 0 Å². The number of likely N-dealkylation sites (tertiary alicyclic amines) is 1. The molecule has 0 spiro atoms. The standard InChI is InChI=1S/C19H25BrFN3O/c1-3-8-15(23-11-6-5-7-12-23)18-22-14-10-9-13(20)17(21)16(14)19(25)24(18)4-2/h9-10,15H,3-8,11-12H2,1-2H3. The van der Waals surface area contributed by atoms with Gasteiger partial charge in [-0.1, -0.05) is 19.8 Å². The molecule has 1 atom stereocenters. The molecule has 4 nitrogen and oxygen atoms in total. The normalized spacial score (nSPS) is 17.1. The van der Waals surface area contributed by atoms with Crippen LogP contribution in [0.15, 0.2) is 21.4 Å². The van der Waals surface area contributed by atoms with E-state index in [1.165, 1.54) is 19.3 Å². The van der Waals surface area contributed by atoms with E-state index in [1.807, 2.05) is 6.92 Å². The van der Waals surface area contributed by atoms with Gasteiger partial charge in [0.15, 0.2) is 5.82 Å². The maximum absolute atomic E-state index is 14.5. The summed E-state index contributed by atoms with van der Waals surface area (Å²) in [7, 11) is 0. The predicted molar refractivity (Wildman–Crippen MR) is 102 cm³/mol. The average molecular weight is 410 g/mol. The van der Waals surface area contributed by atoms with Crippen LogP contribution < -0.4 is 5.56 Å². The van der Waals surface area contributed by atoms with Crippen molar-refractivity contribution in [1.29, 1.82) is 0 Å². The lowest BCUT2D eigenvalue weighted by molar-refractivity contribution is 0.144. The largest absolute Gasteiger partial charge is 0.295 e. The van der Waals surface area contributed by atoms with E-state index in [4.69, 9.17) is 4.98 Å². The number of nitrogens with zero attached hydrogens (tertiary/aromatic N) is 3. The van der Waals surface area contributed by atoms with Crippen LogP contribution in [0.2, 0.25) is 0 Å². The number of rotatable bonds is 5. The fraction of sp³-hybridized carbons (Fsp3) is 0.579. The van der Waals surface area contributed by atoms with Gasteiger partial charge in [0, 0.05) is 6.54 Å². The maximum atomic E-state index is 14.5. The van der Waals surface area contributed by atoms with Gasteiger partial charge in [-0.2, -0.15) is 0 Å². The van der Waals surface area contributed by atoms with E-state index in [1.54, 1.807) is 16.7 Å². The molecule has 136 valence electrons. The lowest BCUT2D eigenvalue weighted by Gasteiger charge is -2.35. The third kappa shape index (κ3) is 3.51. The van der Waals surface area contributed by atoms with Gasteiger partial charge in [0.05, 0.1) is 16.0 Å². The molecule has 1 aromatic heterocycles. The highest BCUT2D eigenvalue weighted by molar-refractivity contribution is 9.10. The Bertz CT molecular complexity index is 814. The topological polar surface area (TPSA) is 38.1 Å². The number of aromatic nitrogens is 2. The molecule has 1 aliphatic heterocycles. The third-order valence-corrected chi connectivity index (χ3v) is 5.66. The second-order valence-corrected chi connectivity index (χ2v) is 7.53. The van der Waals surface area contributed by atoms with Crippen LogP contribution in [-0.4, -0.2) is 27.5 Å². The van der Waals surface area contributed by atoms with E-state index in [9.17, 15) is 9.18 Å². The maximum Gasteiger partial charge on any atom is 0.264 e. The molecule has 0 aliphatic carbocycles. The van der Waals surface area contributed by atoms with Gasteiger partial charge in [0.25, 0.3) is 5.56 Å². The Morgan fingerprint density at radius 3 is 2.60 bits per heavy atom. The van der Waals surface area contributed by atoms with E-state index >= 15 is 0 Å². The zero-order chi connectivity index (χ0) is 18.0. The van der Waals surface area contributed by atoms with Crippen molar-refractivity contribution in [3.05, 3.63) is 38.6 Å². The van der Waals surface area contributed by atoms with Gasteiger partial charge in [-0.3, -0.25) is 14.3 Å². The van der Waals surface area contributed by atoms with Crippen molar-refractivity contribution in [3.8, 4) is 0 Å². The Balaban J connectivity index is 2.19.